The Bertz CT molecular complexity index is 817. The second-order valence-electron chi connectivity index (χ2n) is 5.93. The van der Waals surface area contributed by atoms with E-state index in [1.165, 1.54) is 11.5 Å². The Morgan fingerprint density at radius 3 is 2.58 bits per heavy atom. The number of fused-ring (bicyclic) bond motifs is 1. The number of nitrogens with zero attached hydrogens (tertiary/aromatic N) is 2. The number of rotatable bonds is 2. The second kappa shape index (κ2) is 5.95. The molecule has 0 unspecified atom stereocenters. The first-order valence-corrected chi connectivity index (χ1v) is 7.60. The predicted molar refractivity (Wildman–Crippen MR) is 78.4 cm³/mol. The van der Waals surface area contributed by atoms with Crippen LogP contribution < -0.4 is 5.69 Å². The molecular formula is C15H16F3N3O3. The van der Waals surface area contributed by atoms with Crippen LogP contribution in [-0.2, 0) is 15.7 Å². The van der Waals surface area contributed by atoms with Crippen LogP contribution in [0.5, 0.6) is 0 Å². The van der Waals surface area contributed by atoms with Crippen LogP contribution in [0.1, 0.15) is 44.2 Å². The van der Waals surface area contributed by atoms with Gasteiger partial charge in [-0.1, -0.05) is 0 Å². The highest BCUT2D eigenvalue weighted by molar-refractivity contribution is 5.71. The third kappa shape index (κ3) is 3.15. The summed E-state index contributed by atoms with van der Waals surface area (Å²) in [4.78, 5) is 29.4. The van der Waals surface area contributed by atoms with E-state index in [9.17, 15) is 22.8 Å². The summed E-state index contributed by atoms with van der Waals surface area (Å²) in [6.45, 7) is 1.35. The van der Waals surface area contributed by atoms with Crippen molar-refractivity contribution in [3.05, 3.63) is 28.3 Å². The van der Waals surface area contributed by atoms with Crippen LogP contribution in [0.4, 0.5) is 13.2 Å². The number of aromatic nitrogens is 3. The third-order valence-corrected chi connectivity index (χ3v) is 4.22. The molecule has 0 radical (unpaired) electrons. The summed E-state index contributed by atoms with van der Waals surface area (Å²) in [5.41, 5.74) is -1.10. The van der Waals surface area contributed by atoms with Crippen molar-refractivity contribution in [1.82, 2.24) is 14.5 Å². The maximum absolute atomic E-state index is 12.7. The van der Waals surface area contributed by atoms with E-state index in [0.717, 1.165) is 12.3 Å². The van der Waals surface area contributed by atoms with Crippen LogP contribution in [0.25, 0.3) is 11.2 Å². The van der Waals surface area contributed by atoms with Crippen molar-refractivity contribution in [1.29, 1.82) is 0 Å². The van der Waals surface area contributed by atoms with Gasteiger partial charge in [0.05, 0.1) is 11.1 Å². The lowest BCUT2D eigenvalue weighted by atomic mass is 9.93. The van der Waals surface area contributed by atoms with E-state index >= 15 is 0 Å². The number of hydrogen-bond acceptors (Lipinski definition) is 4. The van der Waals surface area contributed by atoms with E-state index < -0.39 is 17.4 Å². The summed E-state index contributed by atoms with van der Waals surface area (Å²) in [7, 11) is 0. The van der Waals surface area contributed by atoms with Crippen molar-refractivity contribution in [2.24, 2.45) is 0 Å². The molecule has 0 atom stereocenters. The van der Waals surface area contributed by atoms with Gasteiger partial charge in [0.25, 0.3) is 0 Å². The van der Waals surface area contributed by atoms with Gasteiger partial charge >= 0.3 is 17.8 Å². The lowest BCUT2D eigenvalue weighted by Gasteiger charge is -2.28. The standard InChI is InChI=1S/C15H16F3N3O3/c1-8(22)24-11-4-2-10(3-5-11)21-13-12(20-14(21)23)6-9(7-19-13)15(16,17)18/h6-7,10-11H,2-5H2,1H3,(H,20,23)/t10-,11-. The molecule has 130 valence electrons. The number of aromatic amines is 1. The third-order valence-electron chi connectivity index (χ3n) is 4.22. The maximum Gasteiger partial charge on any atom is 0.417 e. The zero-order valence-corrected chi connectivity index (χ0v) is 12.9. The molecule has 9 heteroatoms. The molecule has 2 aromatic rings. The summed E-state index contributed by atoms with van der Waals surface area (Å²) in [6, 6.07) is 0.715. The van der Waals surface area contributed by atoms with Crippen LogP contribution in [0.3, 0.4) is 0 Å². The predicted octanol–water partition coefficient (Wildman–Crippen LogP) is 2.79. The largest absolute Gasteiger partial charge is 0.463 e. The van der Waals surface area contributed by atoms with Gasteiger partial charge in [0.2, 0.25) is 0 Å². The number of hydrogen-bond donors (Lipinski definition) is 1. The van der Waals surface area contributed by atoms with Crippen LogP contribution in [0, 0.1) is 0 Å². The Morgan fingerprint density at radius 1 is 1.33 bits per heavy atom. The first kappa shape index (κ1) is 16.5. The highest BCUT2D eigenvalue weighted by Gasteiger charge is 2.32. The van der Waals surface area contributed by atoms with E-state index in [-0.39, 0.29) is 29.3 Å². The molecule has 0 spiro atoms. The fourth-order valence-electron chi connectivity index (χ4n) is 3.16. The molecule has 0 bridgehead atoms. The molecular weight excluding hydrogens is 327 g/mol. The van der Waals surface area contributed by atoms with Crippen molar-refractivity contribution in [2.45, 2.75) is 50.9 Å². The minimum absolute atomic E-state index is 0.0666. The van der Waals surface area contributed by atoms with E-state index in [4.69, 9.17) is 4.74 Å². The summed E-state index contributed by atoms with van der Waals surface area (Å²) >= 11 is 0. The van der Waals surface area contributed by atoms with Crippen LogP contribution in [0.15, 0.2) is 17.1 Å². The van der Waals surface area contributed by atoms with E-state index in [2.05, 4.69) is 9.97 Å². The number of ether oxygens (including phenoxy) is 1. The van der Waals surface area contributed by atoms with Crippen LogP contribution in [0.2, 0.25) is 0 Å². The van der Waals surface area contributed by atoms with E-state index in [1.54, 1.807) is 0 Å². The number of esters is 1. The Morgan fingerprint density at radius 2 is 2.00 bits per heavy atom. The first-order valence-electron chi connectivity index (χ1n) is 7.60. The molecule has 3 rings (SSSR count). The van der Waals surface area contributed by atoms with Crippen LogP contribution in [-0.4, -0.2) is 26.6 Å². The minimum Gasteiger partial charge on any atom is -0.463 e. The molecule has 0 saturated heterocycles. The number of alkyl halides is 3. The van der Waals surface area contributed by atoms with Gasteiger partial charge < -0.3 is 9.72 Å². The molecule has 2 heterocycles. The molecule has 1 N–H and O–H groups in total. The Balaban J connectivity index is 1.87. The summed E-state index contributed by atoms with van der Waals surface area (Å²) in [6.07, 6.45) is -1.57. The number of carbonyl (C=O) groups excluding carboxylic acids is 1. The van der Waals surface area contributed by atoms with Crippen molar-refractivity contribution in [3.63, 3.8) is 0 Å². The fraction of sp³-hybridized carbons (Fsp3) is 0.533. The van der Waals surface area contributed by atoms with E-state index in [0.29, 0.717) is 25.7 Å². The van der Waals surface area contributed by atoms with Gasteiger partial charge in [0.15, 0.2) is 5.65 Å². The van der Waals surface area contributed by atoms with Crippen molar-refractivity contribution < 1.29 is 22.7 Å². The Labute approximate surface area is 134 Å². The quantitative estimate of drug-likeness (QED) is 0.851. The van der Waals surface area contributed by atoms with Gasteiger partial charge in [0.1, 0.15) is 6.10 Å². The highest BCUT2D eigenvalue weighted by Crippen LogP contribution is 2.33. The van der Waals surface area contributed by atoms with Crippen molar-refractivity contribution >= 4 is 17.1 Å². The lowest BCUT2D eigenvalue weighted by molar-refractivity contribution is -0.148. The molecule has 2 aromatic heterocycles. The zero-order valence-electron chi connectivity index (χ0n) is 12.9. The molecule has 1 saturated carbocycles. The monoisotopic (exact) mass is 343 g/mol. The summed E-state index contributed by atoms with van der Waals surface area (Å²) in [5, 5.41) is 0. The Hall–Kier alpha value is -2.32. The molecule has 1 fully saturated rings. The normalized spacial score (nSPS) is 21.8. The molecule has 1 aliphatic carbocycles. The Kier molecular flexibility index (Phi) is 4.10. The first-order chi connectivity index (χ1) is 11.3. The molecule has 6 nitrogen and oxygen atoms in total. The lowest BCUT2D eigenvalue weighted by Crippen LogP contribution is -2.29. The van der Waals surface area contributed by atoms with E-state index in [1.807, 2.05) is 0 Å². The van der Waals surface area contributed by atoms with Gasteiger partial charge in [0, 0.05) is 19.2 Å². The smallest absolute Gasteiger partial charge is 0.417 e. The molecule has 0 aromatic carbocycles. The zero-order chi connectivity index (χ0) is 17.5. The molecule has 0 aliphatic heterocycles. The van der Waals surface area contributed by atoms with Gasteiger partial charge in [-0.3, -0.25) is 9.36 Å². The minimum atomic E-state index is -4.51. The number of H-pyrrole nitrogens is 1. The molecule has 1 aliphatic rings. The molecule has 0 amide bonds. The maximum atomic E-state index is 12.7. The number of imidazole rings is 1. The highest BCUT2D eigenvalue weighted by atomic mass is 19.4. The van der Waals surface area contributed by atoms with Crippen molar-refractivity contribution in [2.75, 3.05) is 0 Å². The number of halogens is 3. The fourth-order valence-corrected chi connectivity index (χ4v) is 3.16. The van der Waals surface area contributed by atoms with Crippen molar-refractivity contribution in [3.8, 4) is 0 Å². The summed E-state index contributed by atoms with van der Waals surface area (Å²) < 4.78 is 44.8. The number of nitrogens with one attached hydrogen (secondary N) is 1. The van der Waals surface area contributed by atoms with Crippen LogP contribution >= 0.6 is 0 Å². The number of carbonyl (C=O) groups is 1. The second-order valence-corrected chi connectivity index (χ2v) is 5.93. The average Bonchev–Trinajstić information content (AvgIpc) is 2.81. The number of pyridine rings is 1. The average molecular weight is 343 g/mol. The van der Waals surface area contributed by atoms with Gasteiger partial charge in [-0.15, -0.1) is 0 Å². The topological polar surface area (TPSA) is 77.0 Å². The van der Waals surface area contributed by atoms with Gasteiger partial charge in [-0.05, 0) is 31.7 Å². The van der Waals surface area contributed by atoms with Gasteiger partial charge in [-0.2, -0.15) is 13.2 Å². The SMILES string of the molecule is CC(=O)O[C@H]1CC[C@H](n2c(=O)[nH]c3cc(C(F)(F)F)cnc32)CC1. The van der Waals surface area contributed by atoms with Gasteiger partial charge in [-0.25, -0.2) is 9.78 Å². The molecule has 24 heavy (non-hydrogen) atoms. The summed E-state index contributed by atoms with van der Waals surface area (Å²) in [5.74, 6) is -0.343.